The molecular formula is C25H30F3N7O2. The van der Waals surface area contributed by atoms with Gasteiger partial charge in [0.25, 0.3) is 0 Å². The number of β-amino-alcohol motifs (C(OH)–C–C–N with tert-alkyl or cyclic N) is 1. The van der Waals surface area contributed by atoms with Crippen molar-refractivity contribution < 1.29 is 23.1 Å². The predicted molar refractivity (Wildman–Crippen MR) is 130 cm³/mol. The van der Waals surface area contributed by atoms with Crippen LogP contribution in [0, 0.1) is 5.92 Å². The normalized spacial score (nSPS) is 20.9. The molecule has 1 amide bonds. The van der Waals surface area contributed by atoms with E-state index in [9.17, 15) is 23.1 Å². The number of halogens is 3. The van der Waals surface area contributed by atoms with Crippen LogP contribution in [-0.2, 0) is 24.1 Å². The summed E-state index contributed by atoms with van der Waals surface area (Å²) in [5, 5.41) is 11.5. The highest BCUT2D eigenvalue weighted by molar-refractivity contribution is 5.88. The minimum absolute atomic E-state index is 0.108. The van der Waals surface area contributed by atoms with Crippen LogP contribution in [0.1, 0.15) is 36.9 Å². The van der Waals surface area contributed by atoms with E-state index in [1.165, 1.54) is 12.4 Å². The van der Waals surface area contributed by atoms with Gasteiger partial charge >= 0.3 is 6.18 Å². The van der Waals surface area contributed by atoms with Crippen LogP contribution >= 0.6 is 0 Å². The highest BCUT2D eigenvalue weighted by Crippen LogP contribution is 2.36. The molecule has 9 nitrogen and oxygen atoms in total. The van der Waals surface area contributed by atoms with Crippen LogP contribution in [0.3, 0.4) is 0 Å². The largest absolute Gasteiger partial charge is 0.417 e. The van der Waals surface area contributed by atoms with Crippen molar-refractivity contribution in [1.82, 2.24) is 24.4 Å². The maximum atomic E-state index is 12.9. The number of nitrogens with zero attached hydrogens (tertiary/aromatic N) is 6. The fraction of sp³-hybridized carbons (Fsp3) is 0.520. The molecule has 2 aliphatic rings. The number of carbonyl (C=O) groups is 1. The number of hydrogen-bond acceptors (Lipinski definition) is 7. The van der Waals surface area contributed by atoms with E-state index in [0.29, 0.717) is 25.3 Å². The van der Waals surface area contributed by atoms with Gasteiger partial charge in [-0.2, -0.15) is 13.2 Å². The molecule has 1 saturated heterocycles. The number of aryl methyl sites for hydroxylation is 1. The fourth-order valence-corrected chi connectivity index (χ4v) is 5.07. The van der Waals surface area contributed by atoms with Crippen LogP contribution in [0.5, 0.6) is 0 Å². The molecule has 0 aromatic carbocycles. The van der Waals surface area contributed by atoms with Gasteiger partial charge in [-0.3, -0.25) is 14.7 Å². The number of likely N-dealkylation sites (tertiary alicyclic amines) is 1. The number of primary amides is 1. The highest BCUT2D eigenvalue weighted by atomic mass is 19.4. The van der Waals surface area contributed by atoms with E-state index >= 15 is 0 Å². The van der Waals surface area contributed by atoms with E-state index in [4.69, 9.17) is 5.73 Å². The quantitative estimate of drug-likeness (QED) is 0.449. The van der Waals surface area contributed by atoms with E-state index in [1.807, 2.05) is 21.7 Å². The first-order chi connectivity index (χ1) is 17.7. The van der Waals surface area contributed by atoms with Gasteiger partial charge in [-0.15, -0.1) is 0 Å². The second-order valence-electron chi connectivity index (χ2n) is 9.94. The highest BCUT2D eigenvalue weighted by Gasteiger charge is 2.34. The van der Waals surface area contributed by atoms with Crippen molar-refractivity contribution in [2.24, 2.45) is 11.7 Å². The Morgan fingerprint density at radius 1 is 1.16 bits per heavy atom. The Balaban J connectivity index is 1.29. The van der Waals surface area contributed by atoms with Crippen molar-refractivity contribution in [1.29, 1.82) is 0 Å². The third kappa shape index (κ3) is 5.85. The first kappa shape index (κ1) is 25.4. The standard InChI is InChI=1S/C25H30F3N7O2/c26-25(27,28)17-1-2-18(30-11-17)12-35(19-3-4-19)24-20-7-10-34(23(20)31-15-32-24)9-6-16-5-8-33(13-21(16)36)14-22(29)37/h1-2,7,10-11,15-16,19,21,36H,3-6,8-9,12-14H2,(H2,29,37)/t16-,21+/m0/s1. The van der Waals surface area contributed by atoms with Gasteiger partial charge in [-0.1, -0.05) is 0 Å². The number of amides is 1. The van der Waals surface area contributed by atoms with Crippen molar-refractivity contribution in [2.45, 2.75) is 57.1 Å². The van der Waals surface area contributed by atoms with Crippen molar-refractivity contribution in [3.63, 3.8) is 0 Å². The van der Waals surface area contributed by atoms with Gasteiger partial charge in [-0.25, -0.2) is 9.97 Å². The van der Waals surface area contributed by atoms with E-state index in [0.717, 1.165) is 61.3 Å². The number of rotatable bonds is 9. The molecule has 5 rings (SSSR count). The summed E-state index contributed by atoms with van der Waals surface area (Å²) < 4.78 is 40.8. The predicted octanol–water partition coefficient (Wildman–Crippen LogP) is 2.57. The number of hydrogen-bond donors (Lipinski definition) is 2. The minimum Gasteiger partial charge on any atom is -0.392 e. The molecule has 2 atom stereocenters. The van der Waals surface area contributed by atoms with Crippen LogP contribution in [0.15, 0.2) is 36.9 Å². The molecular weight excluding hydrogens is 487 g/mol. The molecule has 0 unspecified atom stereocenters. The van der Waals surface area contributed by atoms with Gasteiger partial charge in [-0.05, 0) is 56.3 Å². The summed E-state index contributed by atoms with van der Waals surface area (Å²) in [5.74, 6) is 0.457. The SMILES string of the molecule is NC(=O)CN1CC[C@@H](CCn2ccc3c(N(Cc4ccc(C(F)(F)F)cn4)C4CC4)ncnc32)[C@H](O)C1. The number of anilines is 1. The number of fused-ring (bicyclic) bond motifs is 1. The molecule has 198 valence electrons. The number of carbonyl (C=O) groups excluding carboxylic acids is 1. The molecule has 0 spiro atoms. The topological polar surface area (TPSA) is 113 Å². The molecule has 12 heteroatoms. The van der Waals surface area contributed by atoms with Crippen molar-refractivity contribution in [3.05, 3.63) is 48.2 Å². The smallest absolute Gasteiger partial charge is 0.392 e. The zero-order valence-electron chi connectivity index (χ0n) is 20.3. The van der Waals surface area contributed by atoms with E-state index in [1.54, 1.807) is 0 Å². The van der Waals surface area contributed by atoms with Crippen LogP contribution in [0.4, 0.5) is 19.0 Å². The summed E-state index contributed by atoms with van der Waals surface area (Å²) in [6.07, 6.45) is 2.92. The number of pyridine rings is 1. The van der Waals surface area contributed by atoms with Gasteiger partial charge in [0.1, 0.15) is 17.8 Å². The number of nitrogens with two attached hydrogens (primary N) is 1. The molecule has 1 aliphatic carbocycles. The van der Waals surface area contributed by atoms with Gasteiger partial charge in [0.05, 0.1) is 35.8 Å². The van der Waals surface area contributed by atoms with Gasteiger partial charge < -0.3 is 20.3 Å². The lowest BCUT2D eigenvalue weighted by atomic mass is 9.91. The first-order valence-electron chi connectivity index (χ1n) is 12.5. The van der Waals surface area contributed by atoms with Gasteiger partial charge in [0.2, 0.25) is 5.91 Å². The average Bonchev–Trinajstić information content (AvgIpc) is 3.61. The molecule has 4 heterocycles. The van der Waals surface area contributed by atoms with Crippen molar-refractivity contribution in [3.8, 4) is 0 Å². The molecule has 0 radical (unpaired) electrons. The Hall–Kier alpha value is -3.25. The Morgan fingerprint density at radius 3 is 2.62 bits per heavy atom. The Labute approximate surface area is 212 Å². The van der Waals surface area contributed by atoms with Crippen LogP contribution in [0.25, 0.3) is 11.0 Å². The summed E-state index contributed by atoms with van der Waals surface area (Å²) in [7, 11) is 0. The maximum absolute atomic E-state index is 12.9. The zero-order chi connectivity index (χ0) is 26.2. The fourth-order valence-electron chi connectivity index (χ4n) is 5.07. The van der Waals surface area contributed by atoms with E-state index < -0.39 is 23.8 Å². The monoisotopic (exact) mass is 517 g/mol. The second-order valence-corrected chi connectivity index (χ2v) is 9.94. The van der Waals surface area contributed by atoms with Crippen LogP contribution in [0.2, 0.25) is 0 Å². The average molecular weight is 518 g/mol. The van der Waals surface area contributed by atoms with Crippen LogP contribution in [-0.4, -0.2) is 67.2 Å². The Kier molecular flexibility index (Phi) is 7.04. The molecule has 0 bridgehead atoms. The number of aliphatic hydroxyl groups is 1. The van der Waals surface area contributed by atoms with Crippen molar-refractivity contribution in [2.75, 3.05) is 24.5 Å². The lowest BCUT2D eigenvalue weighted by molar-refractivity contribution is -0.137. The zero-order valence-corrected chi connectivity index (χ0v) is 20.3. The summed E-state index contributed by atoms with van der Waals surface area (Å²) >= 11 is 0. The summed E-state index contributed by atoms with van der Waals surface area (Å²) in [6.45, 7) is 2.33. The molecule has 3 aromatic heterocycles. The molecule has 3 N–H and O–H groups in total. The molecule has 1 aliphatic heterocycles. The number of piperidine rings is 1. The van der Waals surface area contributed by atoms with E-state index in [-0.39, 0.29) is 18.5 Å². The first-order valence-corrected chi connectivity index (χ1v) is 12.5. The third-order valence-corrected chi connectivity index (χ3v) is 7.20. The lowest BCUT2D eigenvalue weighted by Crippen LogP contribution is -2.47. The Bertz CT molecular complexity index is 1240. The van der Waals surface area contributed by atoms with Gasteiger partial charge in [0.15, 0.2) is 0 Å². The number of aliphatic hydroxyl groups excluding tert-OH is 1. The molecule has 37 heavy (non-hydrogen) atoms. The third-order valence-electron chi connectivity index (χ3n) is 7.20. The van der Waals surface area contributed by atoms with E-state index in [2.05, 4.69) is 19.9 Å². The van der Waals surface area contributed by atoms with Gasteiger partial charge in [0, 0.05) is 31.5 Å². The summed E-state index contributed by atoms with van der Waals surface area (Å²) in [4.78, 5) is 28.2. The maximum Gasteiger partial charge on any atom is 0.417 e. The molecule has 3 aromatic rings. The minimum atomic E-state index is -4.42. The van der Waals surface area contributed by atoms with Crippen LogP contribution < -0.4 is 10.6 Å². The number of aromatic nitrogens is 4. The lowest BCUT2D eigenvalue weighted by Gasteiger charge is -2.35. The summed E-state index contributed by atoms with van der Waals surface area (Å²) in [6, 6.07) is 4.70. The Morgan fingerprint density at radius 2 is 1.97 bits per heavy atom. The number of alkyl halides is 3. The summed E-state index contributed by atoms with van der Waals surface area (Å²) in [5.41, 5.74) is 5.83. The van der Waals surface area contributed by atoms with Crippen molar-refractivity contribution >= 4 is 22.8 Å². The second kappa shape index (κ2) is 10.3. The molecule has 2 fully saturated rings. The molecule has 1 saturated carbocycles.